The summed E-state index contributed by atoms with van der Waals surface area (Å²) >= 11 is 3.51. The molecular formula is C13H20BrNO2. The first-order chi connectivity index (χ1) is 8.01. The zero-order valence-electron chi connectivity index (χ0n) is 10.8. The molecule has 96 valence electrons. The second-order valence-corrected chi connectivity index (χ2v) is 5.11. The van der Waals surface area contributed by atoms with E-state index in [-0.39, 0.29) is 6.04 Å². The van der Waals surface area contributed by atoms with Crippen molar-refractivity contribution in [2.75, 3.05) is 14.2 Å². The molecule has 0 saturated heterocycles. The lowest BCUT2D eigenvalue weighted by molar-refractivity contribution is 0.382. The van der Waals surface area contributed by atoms with Gasteiger partial charge in [-0.3, -0.25) is 0 Å². The van der Waals surface area contributed by atoms with Gasteiger partial charge in [-0.25, -0.2) is 0 Å². The quantitative estimate of drug-likeness (QED) is 0.907. The van der Waals surface area contributed by atoms with E-state index >= 15 is 0 Å². The number of benzene rings is 1. The Balaban J connectivity index is 3.11. The molecule has 2 atom stereocenters. The predicted octanol–water partition coefficient (Wildman–Crippen LogP) is 3.31. The fraction of sp³-hybridized carbons (Fsp3) is 0.538. The molecule has 2 unspecified atom stereocenters. The molecule has 0 radical (unpaired) electrons. The highest BCUT2D eigenvalue weighted by Gasteiger charge is 2.18. The zero-order chi connectivity index (χ0) is 13.0. The predicted molar refractivity (Wildman–Crippen MR) is 73.9 cm³/mol. The largest absolute Gasteiger partial charge is 0.495 e. The van der Waals surface area contributed by atoms with E-state index in [9.17, 15) is 0 Å². The minimum Gasteiger partial charge on any atom is -0.495 e. The molecule has 0 aliphatic heterocycles. The average Bonchev–Trinajstić information content (AvgIpc) is 2.27. The standard InChI is InChI=1S/C13H20BrNO2/c1-8(7-9(2)15)10-5-6-11(16-3)12(14)13(10)17-4/h5-6,8-9H,7,15H2,1-4H3. The van der Waals surface area contributed by atoms with Crippen molar-refractivity contribution in [1.82, 2.24) is 0 Å². The molecule has 3 nitrogen and oxygen atoms in total. The molecule has 1 aromatic rings. The minimum absolute atomic E-state index is 0.176. The zero-order valence-corrected chi connectivity index (χ0v) is 12.4. The van der Waals surface area contributed by atoms with Gasteiger partial charge in [0, 0.05) is 6.04 Å². The first-order valence-electron chi connectivity index (χ1n) is 5.67. The molecule has 0 amide bonds. The van der Waals surface area contributed by atoms with E-state index in [1.165, 1.54) is 0 Å². The number of rotatable bonds is 5. The molecule has 0 aliphatic rings. The number of nitrogens with two attached hydrogens (primary N) is 1. The summed E-state index contributed by atoms with van der Waals surface area (Å²) < 4.78 is 11.6. The van der Waals surface area contributed by atoms with Crippen LogP contribution >= 0.6 is 15.9 Å². The van der Waals surface area contributed by atoms with E-state index in [1.807, 2.05) is 19.1 Å². The Morgan fingerprint density at radius 3 is 2.35 bits per heavy atom. The summed E-state index contributed by atoms with van der Waals surface area (Å²) in [5.41, 5.74) is 6.99. The van der Waals surface area contributed by atoms with Gasteiger partial charge in [-0.2, -0.15) is 0 Å². The topological polar surface area (TPSA) is 44.5 Å². The highest BCUT2D eigenvalue weighted by Crippen LogP contribution is 2.40. The van der Waals surface area contributed by atoms with Crippen molar-refractivity contribution in [3.63, 3.8) is 0 Å². The van der Waals surface area contributed by atoms with Gasteiger partial charge in [-0.05, 0) is 46.8 Å². The number of methoxy groups -OCH3 is 2. The second-order valence-electron chi connectivity index (χ2n) is 4.32. The summed E-state index contributed by atoms with van der Waals surface area (Å²) in [4.78, 5) is 0. The molecule has 1 rings (SSSR count). The summed E-state index contributed by atoms with van der Waals surface area (Å²) in [6.07, 6.45) is 0.926. The summed E-state index contributed by atoms with van der Waals surface area (Å²) in [5, 5.41) is 0. The summed E-state index contributed by atoms with van der Waals surface area (Å²) in [5.74, 6) is 1.96. The van der Waals surface area contributed by atoms with E-state index in [1.54, 1.807) is 14.2 Å². The smallest absolute Gasteiger partial charge is 0.140 e. The first-order valence-corrected chi connectivity index (χ1v) is 6.46. The normalized spacial score (nSPS) is 14.2. The molecule has 1 aromatic carbocycles. The highest BCUT2D eigenvalue weighted by atomic mass is 79.9. The maximum absolute atomic E-state index is 5.84. The number of hydrogen-bond donors (Lipinski definition) is 1. The fourth-order valence-corrected chi connectivity index (χ4v) is 2.68. The van der Waals surface area contributed by atoms with Crippen LogP contribution in [0.4, 0.5) is 0 Å². The Morgan fingerprint density at radius 1 is 1.24 bits per heavy atom. The Bertz CT molecular complexity index is 380. The van der Waals surface area contributed by atoms with Crippen molar-refractivity contribution in [2.45, 2.75) is 32.2 Å². The lowest BCUT2D eigenvalue weighted by Crippen LogP contribution is -2.17. The molecule has 2 N–H and O–H groups in total. The molecule has 0 fully saturated rings. The third-order valence-corrected chi connectivity index (χ3v) is 3.52. The molecular weight excluding hydrogens is 282 g/mol. The Morgan fingerprint density at radius 2 is 1.88 bits per heavy atom. The maximum Gasteiger partial charge on any atom is 0.140 e. The van der Waals surface area contributed by atoms with Crippen LogP contribution in [0.15, 0.2) is 16.6 Å². The van der Waals surface area contributed by atoms with Crippen molar-refractivity contribution in [1.29, 1.82) is 0 Å². The van der Waals surface area contributed by atoms with Crippen LogP contribution in [-0.4, -0.2) is 20.3 Å². The average molecular weight is 302 g/mol. The van der Waals surface area contributed by atoms with Crippen LogP contribution < -0.4 is 15.2 Å². The molecule has 0 aromatic heterocycles. The van der Waals surface area contributed by atoms with Gasteiger partial charge in [-0.15, -0.1) is 0 Å². The highest BCUT2D eigenvalue weighted by molar-refractivity contribution is 9.10. The fourth-order valence-electron chi connectivity index (χ4n) is 1.99. The monoisotopic (exact) mass is 301 g/mol. The van der Waals surface area contributed by atoms with Crippen LogP contribution in [0.25, 0.3) is 0 Å². The van der Waals surface area contributed by atoms with Crippen molar-refractivity contribution in [3.05, 3.63) is 22.2 Å². The van der Waals surface area contributed by atoms with Crippen LogP contribution in [0.3, 0.4) is 0 Å². The lowest BCUT2D eigenvalue weighted by Gasteiger charge is -2.19. The van der Waals surface area contributed by atoms with E-state index in [2.05, 4.69) is 22.9 Å². The third-order valence-electron chi connectivity index (χ3n) is 2.77. The molecule has 4 heteroatoms. The van der Waals surface area contributed by atoms with E-state index in [0.29, 0.717) is 5.92 Å². The van der Waals surface area contributed by atoms with Crippen molar-refractivity contribution >= 4 is 15.9 Å². The van der Waals surface area contributed by atoms with Gasteiger partial charge in [0.2, 0.25) is 0 Å². The Labute approximate surface area is 111 Å². The van der Waals surface area contributed by atoms with Gasteiger partial charge in [0.15, 0.2) is 0 Å². The van der Waals surface area contributed by atoms with E-state index in [4.69, 9.17) is 15.2 Å². The van der Waals surface area contributed by atoms with Crippen LogP contribution in [0.2, 0.25) is 0 Å². The van der Waals surface area contributed by atoms with Gasteiger partial charge >= 0.3 is 0 Å². The van der Waals surface area contributed by atoms with Gasteiger partial charge in [0.05, 0.1) is 14.2 Å². The van der Waals surface area contributed by atoms with E-state index in [0.717, 1.165) is 28.0 Å². The van der Waals surface area contributed by atoms with Gasteiger partial charge in [-0.1, -0.05) is 13.0 Å². The van der Waals surface area contributed by atoms with Crippen molar-refractivity contribution in [3.8, 4) is 11.5 Å². The second kappa shape index (κ2) is 6.26. The minimum atomic E-state index is 0.176. The number of ether oxygens (including phenoxy) is 2. The number of halogens is 1. The lowest BCUT2D eigenvalue weighted by atomic mass is 9.94. The SMILES string of the molecule is COc1ccc(C(C)CC(C)N)c(OC)c1Br. The molecule has 0 saturated carbocycles. The molecule has 0 spiro atoms. The van der Waals surface area contributed by atoms with Crippen molar-refractivity contribution in [2.24, 2.45) is 5.73 Å². The summed E-state index contributed by atoms with van der Waals surface area (Å²) in [6, 6.07) is 4.16. The first kappa shape index (κ1) is 14.3. The Hall–Kier alpha value is -0.740. The Kier molecular flexibility index (Phi) is 5.28. The molecule has 0 heterocycles. The van der Waals surface area contributed by atoms with Crippen LogP contribution in [0.5, 0.6) is 11.5 Å². The van der Waals surface area contributed by atoms with Crippen LogP contribution in [0.1, 0.15) is 31.7 Å². The van der Waals surface area contributed by atoms with Crippen LogP contribution in [0, 0.1) is 0 Å². The van der Waals surface area contributed by atoms with Gasteiger partial charge in [0.25, 0.3) is 0 Å². The summed E-state index contributed by atoms with van der Waals surface area (Å²) in [7, 11) is 3.31. The number of hydrogen-bond acceptors (Lipinski definition) is 3. The maximum atomic E-state index is 5.84. The molecule has 17 heavy (non-hydrogen) atoms. The third kappa shape index (κ3) is 3.36. The molecule has 0 bridgehead atoms. The van der Waals surface area contributed by atoms with Crippen LogP contribution in [-0.2, 0) is 0 Å². The van der Waals surface area contributed by atoms with Crippen molar-refractivity contribution < 1.29 is 9.47 Å². The summed E-state index contributed by atoms with van der Waals surface area (Å²) in [6.45, 7) is 4.17. The van der Waals surface area contributed by atoms with Gasteiger partial charge < -0.3 is 15.2 Å². The van der Waals surface area contributed by atoms with Gasteiger partial charge in [0.1, 0.15) is 16.0 Å². The molecule has 0 aliphatic carbocycles. The van der Waals surface area contributed by atoms with E-state index < -0.39 is 0 Å².